The van der Waals surface area contributed by atoms with Gasteiger partial charge in [0.25, 0.3) is 5.91 Å². The van der Waals surface area contributed by atoms with E-state index < -0.39 is 5.97 Å². The Morgan fingerprint density at radius 3 is 2.83 bits per heavy atom. The van der Waals surface area contributed by atoms with Crippen molar-refractivity contribution in [2.24, 2.45) is 5.92 Å². The second-order valence-electron chi connectivity index (χ2n) is 6.16. The Hall–Kier alpha value is -2.57. The maximum absolute atomic E-state index is 12.1. The lowest BCUT2D eigenvalue weighted by Crippen LogP contribution is -2.42. The van der Waals surface area contributed by atoms with Gasteiger partial charge in [-0.15, -0.1) is 0 Å². The van der Waals surface area contributed by atoms with Gasteiger partial charge < -0.3 is 20.1 Å². The molecule has 0 unspecified atom stereocenters. The Morgan fingerprint density at radius 1 is 1.29 bits per heavy atom. The normalized spacial score (nSPS) is 22.7. The third-order valence-electron chi connectivity index (χ3n) is 4.52. The minimum absolute atomic E-state index is 0.0262. The Balaban J connectivity index is 1.53. The van der Waals surface area contributed by atoms with E-state index in [1.807, 2.05) is 12.1 Å². The number of nitrogens with zero attached hydrogens (tertiary/aromatic N) is 1. The van der Waals surface area contributed by atoms with Crippen LogP contribution in [0.3, 0.4) is 0 Å². The summed E-state index contributed by atoms with van der Waals surface area (Å²) in [6.07, 6.45) is 1.92. The van der Waals surface area contributed by atoms with E-state index in [1.165, 1.54) is 0 Å². The Kier molecular flexibility index (Phi) is 4.69. The number of rotatable bonds is 5. The molecule has 128 valence electrons. The first-order chi connectivity index (χ1) is 11.5. The number of carboxylic acids is 1. The fourth-order valence-electron chi connectivity index (χ4n) is 3.25. The molecule has 2 aliphatic rings. The zero-order chi connectivity index (χ0) is 17.1. The summed E-state index contributed by atoms with van der Waals surface area (Å²) in [5.41, 5.74) is 0.674. The van der Waals surface area contributed by atoms with Crippen molar-refractivity contribution in [1.82, 2.24) is 5.32 Å². The van der Waals surface area contributed by atoms with Gasteiger partial charge in [-0.25, -0.2) is 0 Å². The summed E-state index contributed by atoms with van der Waals surface area (Å²) in [5, 5.41) is 11.9. The number of carbonyl (C=O) groups excluding carboxylic acids is 2. The van der Waals surface area contributed by atoms with Gasteiger partial charge in [-0.3, -0.25) is 14.4 Å². The molecule has 1 heterocycles. The van der Waals surface area contributed by atoms with Crippen LogP contribution in [0.5, 0.6) is 5.75 Å². The number of carbonyl (C=O) groups is 3. The molecule has 0 radical (unpaired) electrons. The van der Waals surface area contributed by atoms with Crippen molar-refractivity contribution < 1.29 is 24.2 Å². The number of carboxylic acid groups (broad SMARTS) is 1. The Labute approximate surface area is 139 Å². The van der Waals surface area contributed by atoms with Gasteiger partial charge in [0.2, 0.25) is 5.91 Å². The van der Waals surface area contributed by atoms with Crippen molar-refractivity contribution in [2.45, 2.75) is 31.7 Å². The van der Waals surface area contributed by atoms with Crippen molar-refractivity contribution >= 4 is 23.5 Å². The van der Waals surface area contributed by atoms with E-state index in [4.69, 9.17) is 9.84 Å². The van der Waals surface area contributed by atoms with E-state index in [0.717, 1.165) is 0 Å². The number of nitrogens with one attached hydrogen (secondary N) is 1. The van der Waals surface area contributed by atoms with Crippen LogP contribution in [0.4, 0.5) is 5.69 Å². The van der Waals surface area contributed by atoms with E-state index in [1.54, 1.807) is 17.0 Å². The molecule has 1 fully saturated rings. The number of anilines is 1. The summed E-state index contributed by atoms with van der Waals surface area (Å²) in [6, 6.07) is 7.14. The molecular weight excluding hydrogens is 312 g/mol. The first-order valence-corrected chi connectivity index (χ1v) is 8.09. The quantitative estimate of drug-likeness (QED) is 0.844. The van der Waals surface area contributed by atoms with Gasteiger partial charge in [-0.1, -0.05) is 12.1 Å². The highest BCUT2D eigenvalue weighted by atomic mass is 16.5. The van der Waals surface area contributed by atoms with E-state index in [-0.39, 0.29) is 43.3 Å². The van der Waals surface area contributed by atoms with Gasteiger partial charge in [0.05, 0.1) is 11.6 Å². The van der Waals surface area contributed by atoms with Crippen LogP contribution in [-0.2, 0) is 14.4 Å². The number of amides is 2. The maximum Gasteiger partial charge on any atom is 0.306 e. The number of fused-ring (bicyclic) bond motifs is 1. The van der Waals surface area contributed by atoms with Crippen molar-refractivity contribution in [2.75, 3.05) is 18.1 Å². The molecule has 3 rings (SSSR count). The Bertz CT molecular complexity index is 660. The lowest BCUT2D eigenvalue weighted by molar-refractivity contribution is -0.141. The van der Waals surface area contributed by atoms with Crippen LogP contribution in [0, 0.1) is 5.92 Å². The summed E-state index contributed by atoms with van der Waals surface area (Å²) < 4.78 is 5.37. The molecule has 2 amide bonds. The lowest BCUT2D eigenvalue weighted by Gasteiger charge is -2.29. The molecular formula is C17H20N2O5. The van der Waals surface area contributed by atoms with Crippen LogP contribution in [0.1, 0.15) is 25.7 Å². The first kappa shape index (κ1) is 16.3. The predicted octanol–water partition coefficient (Wildman–Crippen LogP) is 1.17. The molecule has 7 heteroatoms. The van der Waals surface area contributed by atoms with Crippen LogP contribution in [0.25, 0.3) is 0 Å². The highest BCUT2D eigenvalue weighted by molar-refractivity contribution is 5.98. The minimum atomic E-state index is -0.803. The first-order valence-electron chi connectivity index (χ1n) is 8.09. The monoisotopic (exact) mass is 332 g/mol. The van der Waals surface area contributed by atoms with E-state index in [2.05, 4.69) is 5.32 Å². The van der Waals surface area contributed by atoms with Crippen molar-refractivity contribution in [3.63, 3.8) is 0 Å². The predicted molar refractivity (Wildman–Crippen MR) is 85.8 cm³/mol. The van der Waals surface area contributed by atoms with Crippen LogP contribution in [0.2, 0.25) is 0 Å². The third-order valence-corrected chi connectivity index (χ3v) is 4.52. The Morgan fingerprint density at radius 2 is 2.08 bits per heavy atom. The summed E-state index contributed by atoms with van der Waals surface area (Å²) in [6.45, 7) is 0.252. The molecule has 1 aliphatic carbocycles. The van der Waals surface area contributed by atoms with E-state index in [0.29, 0.717) is 30.7 Å². The topological polar surface area (TPSA) is 95.9 Å². The zero-order valence-corrected chi connectivity index (χ0v) is 13.2. The number of hydrogen-bond acceptors (Lipinski definition) is 4. The third kappa shape index (κ3) is 3.50. The molecule has 24 heavy (non-hydrogen) atoms. The average Bonchev–Trinajstić information content (AvgIpc) is 3.02. The SMILES string of the molecule is O=C(CCN1C(=O)COc2ccccc21)N[C@@H]1CC[C@H](C(=O)O)C1. The fraction of sp³-hybridized carbons (Fsp3) is 0.471. The molecule has 0 aromatic heterocycles. The van der Waals surface area contributed by atoms with Crippen LogP contribution in [0.15, 0.2) is 24.3 Å². The highest BCUT2D eigenvalue weighted by Gasteiger charge is 2.31. The van der Waals surface area contributed by atoms with Crippen molar-refractivity contribution in [3.8, 4) is 5.75 Å². The molecule has 0 saturated heterocycles. The minimum Gasteiger partial charge on any atom is -0.482 e. The largest absolute Gasteiger partial charge is 0.482 e. The van der Waals surface area contributed by atoms with Gasteiger partial charge in [0.1, 0.15) is 5.75 Å². The van der Waals surface area contributed by atoms with E-state index in [9.17, 15) is 14.4 Å². The van der Waals surface area contributed by atoms with Gasteiger partial charge >= 0.3 is 5.97 Å². The molecule has 1 saturated carbocycles. The van der Waals surface area contributed by atoms with E-state index >= 15 is 0 Å². The summed E-state index contributed by atoms with van der Waals surface area (Å²) in [5.74, 6) is -0.876. The average molecular weight is 332 g/mol. The highest BCUT2D eigenvalue weighted by Crippen LogP contribution is 2.31. The van der Waals surface area contributed by atoms with Crippen LogP contribution >= 0.6 is 0 Å². The molecule has 0 spiro atoms. The number of aliphatic carboxylic acids is 1. The molecule has 1 aliphatic heterocycles. The second-order valence-corrected chi connectivity index (χ2v) is 6.16. The molecule has 0 bridgehead atoms. The van der Waals surface area contributed by atoms with Gasteiger partial charge in [-0.05, 0) is 31.4 Å². The molecule has 1 aromatic carbocycles. The van der Waals surface area contributed by atoms with Crippen molar-refractivity contribution in [1.29, 1.82) is 0 Å². The van der Waals surface area contributed by atoms with Crippen LogP contribution in [-0.4, -0.2) is 42.1 Å². The number of hydrogen-bond donors (Lipinski definition) is 2. The number of benzene rings is 1. The number of ether oxygens (including phenoxy) is 1. The van der Waals surface area contributed by atoms with Crippen LogP contribution < -0.4 is 15.0 Å². The summed E-state index contributed by atoms with van der Waals surface area (Å²) in [4.78, 5) is 36.7. The maximum atomic E-state index is 12.1. The zero-order valence-electron chi connectivity index (χ0n) is 13.2. The standard InChI is InChI=1S/C17H20N2O5/c20-15(18-12-6-5-11(9-12)17(22)23)7-8-19-13-3-1-2-4-14(13)24-10-16(19)21/h1-4,11-12H,5-10H2,(H,18,20)(H,22,23)/t11-,12+/m0/s1. The van der Waals surface area contributed by atoms with Crippen molar-refractivity contribution in [3.05, 3.63) is 24.3 Å². The summed E-state index contributed by atoms with van der Waals surface area (Å²) in [7, 11) is 0. The van der Waals surface area contributed by atoms with Gasteiger partial charge in [0.15, 0.2) is 6.61 Å². The molecule has 2 N–H and O–H groups in total. The lowest BCUT2D eigenvalue weighted by atomic mass is 10.1. The van der Waals surface area contributed by atoms with Gasteiger partial charge in [0, 0.05) is 19.0 Å². The molecule has 1 aromatic rings. The molecule has 7 nitrogen and oxygen atoms in total. The van der Waals surface area contributed by atoms with Gasteiger partial charge in [-0.2, -0.15) is 0 Å². The smallest absolute Gasteiger partial charge is 0.306 e. The number of para-hydroxylation sites is 2. The fourth-order valence-corrected chi connectivity index (χ4v) is 3.25. The second kappa shape index (κ2) is 6.90. The summed E-state index contributed by atoms with van der Waals surface area (Å²) >= 11 is 0. The molecule has 2 atom stereocenters.